The van der Waals surface area contributed by atoms with Crippen LogP contribution in [-0.4, -0.2) is 4.98 Å². The molecule has 4 heteroatoms. The van der Waals surface area contributed by atoms with Gasteiger partial charge in [-0.2, -0.15) is 5.26 Å². The first kappa shape index (κ1) is 7.14. The Morgan fingerprint density at radius 3 is 3.08 bits per heavy atom. The van der Waals surface area contributed by atoms with Gasteiger partial charge in [0.15, 0.2) is 5.22 Å². The molecule has 2 heterocycles. The number of halogens is 1. The molecule has 0 saturated carbocycles. The second-order valence-corrected chi connectivity index (χ2v) is 2.65. The van der Waals surface area contributed by atoms with Crippen LogP contribution in [0.4, 0.5) is 0 Å². The van der Waals surface area contributed by atoms with Gasteiger partial charge in [0, 0.05) is 17.6 Å². The van der Waals surface area contributed by atoms with Gasteiger partial charge in [-0.3, -0.25) is 0 Å². The second kappa shape index (κ2) is 2.50. The van der Waals surface area contributed by atoms with Crippen molar-refractivity contribution in [3.8, 4) is 6.07 Å². The zero-order valence-corrected chi connectivity index (χ0v) is 6.67. The van der Waals surface area contributed by atoms with Crippen LogP contribution in [0.1, 0.15) is 5.56 Å². The highest BCUT2D eigenvalue weighted by atomic mass is 35.5. The molecule has 0 aliphatic rings. The van der Waals surface area contributed by atoms with Gasteiger partial charge in [-0.15, -0.1) is 0 Å². The van der Waals surface area contributed by atoms with Crippen molar-refractivity contribution in [2.75, 3.05) is 0 Å². The standard InChI is InChI=1S/C8H3ClN2O/c9-7-2-6-1-5(3-10)4-11-8(6)12-7/h1-2,4H. The summed E-state index contributed by atoms with van der Waals surface area (Å²) < 4.78 is 5.01. The molecule has 0 aliphatic carbocycles. The van der Waals surface area contributed by atoms with Crippen LogP contribution in [0.15, 0.2) is 22.7 Å². The summed E-state index contributed by atoms with van der Waals surface area (Å²) in [7, 11) is 0. The molecule has 2 aromatic heterocycles. The van der Waals surface area contributed by atoms with E-state index in [1.54, 1.807) is 12.1 Å². The van der Waals surface area contributed by atoms with Gasteiger partial charge in [0.2, 0.25) is 5.71 Å². The third-order valence-electron chi connectivity index (χ3n) is 1.47. The molecule has 12 heavy (non-hydrogen) atoms. The molecule has 0 aromatic carbocycles. The van der Waals surface area contributed by atoms with Crippen molar-refractivity contribution in [3.63, 3.8) is 0 Å². The lowest BCUT2D eigenvalue weighted by atomic mass is 10.2. The van der Waals surface area contributed by atoms with Crippen LogP contribution in [-0.2, 0) is 0 Å². The molecule has 2 rings (SSSR count). The Labute approximate surface area is 73.2 Å². The molecule has 0 saturated heterocycles. The first-order valence-electron chi connectivity index (χ1n) is 3.25. The SMILES string of the molecule is N#Cc1cnc2oc(Cl)cc2c1. The Morgan fingerprint density at radius 1 is 1.50 bits per heavy atom. The molecule has 0 atom stereocenters. The molecule has 2 aromatic rings. The van der Waals surface area contributed by atoms with Gasteiger partial charge in [-0.1, -0.05) is 0 Å². The number of furan rings is 1. The smallest absolute Gasteiger partial charge is 0.228 e. The number of hydrogen-bond donors (Lipinski definition) is 0. The van der Waals surface area contributed by atoms with E-state index < -0.39 is 0 Å². The Morgan fingerprint density at radius 2 is 2.33 bits per heavy atom. The lowest BCUT2D eigenvalue weighted by Crippen LogP contribution is -1.76. The van der Waals surface area contributed by atoms with Gasteiger partial charge in [-0.05, 0) is 17.7 Å². The first-order chi connectivity index (χ1) is 5.79. The molecule has 0 bridgehead atoms. The summed E-state index contributed by atoms with van der Waals surface area (Å²) in [6.45, 7) is 0. The lowest BCUT2D eigenvalue weighted by molar-refractivity contribution is 0.605. The van der Waals surface area contributed by atoms with E-state index in [0.717, 1.165) is 5.39 Å². The van der Waals surface area contributed by atoms with Crippen LogP contribution in [0, 0.1) is 11.3 Å². The monoisotopic (exact) mass is 178 g/mol. The number of nitriles is 1. The van der Waals surface area contributed by atoms with Crippen LogP contribution < -0.4 is 0 Å². The Hall–Kier alpha value is -1.53. The molecule has 0 aliphatic heterocycles. The first-order valence-corrected chi connectivity index (χ1v) is 3.62. The van der Waals surface area contributed by atoms with Gasteiger partial charge < -0.3 is 4.42 Å². The quantitative estimate of drug-likeness (QED) is 0.622. The maximum Gasteiger partial charge on any atom is 0.228 e. The van der Waals surface area contributed by atoms with Gasteiger partial charge in [-0.25, -0.2) is 4.98 Å². The topological polar surface area (TPSA) is 49.8 Å². The Balaban J connectivity index is 2.77. The van der Waals surface area contributed by atoms with E-state index in [4.69, 9.17) is 21.3 Å². The minimum atomic E-state index is 0.285. The fourth-order valence-corrected chi connectivity index (χ4v) is 1.15. The number of rotatable bonds is 0. The summed E-state index contributed by atoms with van der Waals surface area (Å²) in [5.74, 6) is 0. The van der Waals surface area contributed by atoms with Crippen molar-refractivity contribution in [3.05, 3.63) is 29.1 Å². The summed E-state index contributed by atoms with van der Waals surface area (Å²) in [6.07, 6.45) is 1.45. The van der Waals surface area contributed by atoms with E-state index >= 15 is 0 Å². The zero-order chi connectivity index (χ0) is 8.55. The molecule has 0 spiro atoms. The maximum absolute atomic E-state index is 8.55. The van der Waals surface area contributed by atoms with Crippen LogP contribution in [0.3, 0.4) is 0 Å². The van der Waals surface area contributed by atoms with Gasteiger partial charge >= 0.3 is 0 Å². The molecule has 3 nitrogen and oxygen atoms in total. The fraction of sp³-hybridized carbons (Fsp3) is 0. The third-order valence-corrected chi connectivity index (χ3v) is 1.66. The number of pyridine rings is 1. The zero-order valence-electron chi connectivity index (χ0n) is 5.91. The van der Waals surface area contributed by atoms with E-state index in [1.165, 1.54) is 6.20 Å². The summed E-state index contributed by atoms with van der Waals surface area (Å²) in [5, 5.41) is 9.58. The molecule has 58 valence electrons. The number of fused-ring (bicyclic) bond motifs is 1. The lowest BCUT2D eigenvalue weighted by Gasteiger charge is -1.86. The second-order valence-electron chi connectivity index (χ2n) is 2.28. The predicted molar refractivity (Wildman–Crippen MR) is 43.7 cm³/mol. The van der Waals surface area contributed by atoms with Crippen LogP contribution in [0.2, 0.25) is 5.22 Å². The molecule has 0 N–H and O–H groups in total. The fourth-order valence-electron chi connectivity index (χ4n) is 0.963. The number of aromatic nitrogens is 1. The average Bonchev–Trinajstić information content (AvgIpc) is 2.43. The van der Waals surface area contributed by atoms with Crippen molar-refractivity contribution < 1.29 is 4.42 Å². The summed E-state index contributed by atoms with van der Waals surface area (Å²) in [5.41, 5.74) is 0.957. The van der Waals surface area contributed by atoms with Crippen molar-refractivity contribution in [2.45, 2.75) is 0 Å². The molecular weight excluding hydrogens is 176 g/mol. The maximum atomic E-state index is 8.55. The highest BCUT2D eigenvalue weighted by Crippen LogP contribution is 2.21. The number of hydrogen-bond acceptors (Lipinski definition) is 3. The minimum Gasteiger partial charge on any atom is -0.426 e. The van der Waals surface area contributed by atoms with Crippen LogP contribution >= 0.6 is 11.6 Å². The van der Waals surface area contributed by atoms with E-state index in [-0.39, 0.29) is 5.22 Å². The van der Waals surface area contributed by atoms with Crippen molar-refractivity contribution in [1.82, 2.24) is 4.98 Å². The van der Waals surface area contributed by atoms with Gasteiger partial charge in [0.25, 0.3) is 0 Å². The van der Waals surface area contributed by atoms with Gasteiger partial charge in [0.05, 0.1) is 5.56 Å². The summed E-state index contributed by atoms with van der Waals surface area (Å²) in [4.78, 5) is 3.90. The van der Waals surface area contributed by atoms with Crippen molar-refractivity contribution in [2.24, 2.45) is 0 Å². The molecule has 0 amide bonds. The minimum absolute atomic E-state index is 0.285. The predicted octanol–water partition coefficient (Wildman–Crippen LogP) is 2.35. The van der Waals surface area contributed by atoms with E-state index in [9.17, 15) is 0 Å². The molecule has 0 radical (unpaired) electrons. The molecular formula is C8H3ClN2O. The van der Waals surface area contributed by atoms with Crippen molar-refractivity contribution >= 4 is 22.7 Å². The largest absolute Gasteiger partial charge is 0.426 e. The van der Waals surface area contributed by atoms with E-state index in [1.807, 2.05) is 6.07 Å². The number of nitrogens with zero attached hydrogens (tertiary/aromatic N) is 2. The molecule has 0 fully saturated rings. The van der Waals surface area contributed by atoms with Crippen LogP contribution in [0.25, 0.3) is 11.1 Å². The average molecular weight is 179 g/mol. The van der Waals surface area contributed by atoms with Crippen molar-refractivity contribution in [1.29, 1.82) is 5.26 Å². The highest BCUT2D eigenvalue weighted by molar-refractivity contribution is 6.29. The van der Waals surface area contributed by atoms with E-state index in [0.29, 0.717) is 11.3 Å². The summed E-state index contributed by atoms with van der Waals surface area (Å²) in [6, 6.07) is 5.29. The Bertz CT molecular complexity index is 469. The third kappa shape index (κ3) is 1.03. The normalized spacial score (nSPS) is 10.0. The molecule has 0 unspecified atom stereocenters. The van der Waals surface area contributed by atoms with Crippen LogP contribution in [0.5, 0.6) is 0 Å². The highest BCUT2D eigenvalue weighted by Gasteiger charge is 2.02. The van der Waals surface area contributed by atoms with Gasteiger partial charge in [0.1, 0.15) is 6.07 Å². The summed E-state index contributed by atoms with van der Waals surface area (Å²) >= 11 is 5.59. The van der Waals surface area contributed by atoms with E-state index in [2.05, 4.69) is 4.98 Å². The Kier molecular flexibility index (Phi) is 1.49.